The Morgan fingerprint density at radius 2 is 1.76 bits per heavy atom. The van der Waals surface area contributed by atoms with Crippen molar-refractivity contribution in [3.63, 3.8) is 0 Å². The minimum atomic E-state index is -0.358. The van der Waals surface area contributed by atoms with E-state index < -0.39 is 0 Å². The van der Waals surface area contributed by atoms with E-state index in [2.05, 4.69) is 26.3 Å². The summed E-state index contributed by atoms with van der Waals surface area (Å²) < 4.78 is 19.8. The van der Waals surface area contributed by atoms with Gasteiger partial charge in [0.25, 0.3) is 5.91 Å². The predicted octanol–water partition coefficient (Wildman–Crippen LogP) is 6.27. The third kappa shape index (κ3) is 3.96. The van der Waals surface area contributed by atoms with Gasteiger partial charge in [0.15, 0.2) is 5.65 Å². The number of H-pyrrole nitrogens is 1. The molecule has 0 saturated carbocycles. The lowest BCUT2D eigenvalue weighted by molar-refractivity contribution is 0.0964. The third-order valence-corrected chi connectivity index (χ3v) is 6.55. The first-order valence-corrected chi connectivity index (χ1v) is 12.1. The summed E-state index contributed by atoms with van der Waals surface area (Å²) in [6, 6.07) is 21.7. The number of nitrogens with one attached hydrogen (secondary N) is 2. The summed E-state index contributed by atoms with van der Waals surface area (Å²) in [6.07, 6.45) is 1.72. The Morgan fingerprint density at radius 3 is 2.50 bits per heavy atom. The SMILES string of the molecule is CNC(=O)c1c(-c2ccc(F)cc2)oc2cc(N(C)C)c(-c3cccc(-c4nc5ncccc5[nH]4)c3)cc12. The van der Waals surface area contributed by atoms with E-state index in [1.807, 2.05) is 61.5 Å². The van der Waals surface area contributed by atoms with E-state index in [0.29, 0.717) is 33.5 Å². The number of furan rings is 1. The molecule has 0 saturated heterocycles. The average molecular weight is 506 g/mol. The van der Waals surface area contributed by atoms with Crippen LogP contribution < -0.4 is 10.2 Å². The van der Waals surface area contributed by atoms with E-state index >= 15 is 0 Å². The van der Waals surface area contributed by atoms with E-state index in [-0.39, 0.29) is 11.7 Å². The molecule has 0 aliphatic rings. The van der Waals surface area contributed by atoms with Crippen LogP contribution in [0.5, 0.6) is 0 Å². The predicted molar refractivity (Wildman–Crippen MR) is 148 cm³/mol. The van der Waals surface area contributed by atoms with Crippen molar-refractivity contribution in [2.45, 2.75) is 0 Å². The summed E-state index contributed by atoms with van der Waals surface area (Å²) in [5, 5.41) is 3.39. The Hall–Kier alpha value is -4.98. The van der Waals surface area contributed by atoms with Crippen LogP contribution in [0.2, 0.25) is 0 Å². The molecule has 0 atom stereocenters. The lowest BCUT2D eigenvalue weighted by Crippen LogP contribution is -2.18. The number of aromatic nitrogens is 3. The molecule has 38 heavy (non-hydrogen) atoms. The standard InChI is InChI=1S/C30H24FN5O2/c1-32-30(37)26-22-15-21(18-6-4-7-19(14-18)28-34-23-8-5-13-33-29(23)35-28)24(36(2)3)16-25(22)38-27(26)17-9-11-20(31)12-10-17/h4-16H,1-3H3,(H,32,37)(H,33,34,35). The van der Waals surface area contributed by atoms with Gasteiger partial charge in [0.1, 0.15) is 23.0 Å². The van der Waals surface area contributed by atoms with Crippen LogP contribution >= 0.6 is 0 Å². The Labute approximate surface area is 218 Å². The van der Waals surface area contributed by atoms with Crippen molar-refractivity contribution in [2.24, 2.45) is 0 Å². The number of carbonyl (C=O) groups excluding carboxylic acids is 1. The number of carbonyl (C=O) groups is 1. The van der Waals surface area contributed by atoms with Crippen LogP contribution in [0.4, 0.5) is 10.1 Å². The Bertz CT molecular complexity index is 1790. The Kier molecular flexibility index (Phi) is 5.64. The molecule has 0 aliphatic carbocycles. The number of imidazole rings is 1. The molecular weight excluding hydrogens is 481 g/mol. The summed E-state index contributed by atoms with van der Waals surface area (Å²) in [4.78, 5) is 27.4. The summed E-state index contributed by atoms with van der Waals surface area (Å²) in [6.45, 7) is 0. The lowest BCUT2D eigenvalue weighted by atomic mass is 9.97. The molecule has 7 nitrogen and oxygen atoms in total. The van der Waals surface area contributed by atoms with Crippen molar-refractivity contribution in [3.05, 3.63) is 90.4 Å². The van der Waals surface area contributed by atoms with Crippen LogP contribution in [0, 0.1) is 5.82 Å². The van der Waals surface area contributed by atoms with Crippen molar-refractivity contribution >= 4 is 33.7 Å². The van der Waals surface area contributed by atoms with Crippen LogP contribution in [0.3, 0.4) is 0 Å². The average Bonchev–Trinajstić information content (AvgIpc) is 3.54. The van der Waals surface area contributed by atoms with Gasteiger partial charge < -0.3 is 19.6 Å². The zero-order valence-corrected chi connectivity index (χ0v) is 21.0. The number of benzene rings is 3. The fraction of sp³-hybridized carbons (Fsp3) is 0.100. The molecule has 0 aliphatic heterocycles. The number of pyridine rings is 1. The molecule has 2 N–H and O–H groups in total. The number of anilines is 1. The normalized spacial score (nSPS) is 11.3. The maximum absolute atomic E-state index is 13.6. The smallest absolute Gasteiger partial charge is 0.255 e. The number of hydrogen-bond acceptors (Lipinski definition) is 5. The maximum atomic E-state index is 13.6. The molecule has 0 bridgehead atoms. The highest BCUT2D eigenvalue weighted by atomic mass is 19.1. The highest BCUT2D eigenvalue weighted by Gasteiger charge is 2.24. The molecule has 0 fully saturated rings. The highest BCUT2D eigenvalue weighted by Crippen LogP contribution is 2.41. The monoisotopic (exact) mass is 505 g/mol. The zero-order valence-electron chi connectivity index (χ0n) is 21.0. The van der Waals surface area contributed by atoms with Gasteiger partial charge in [0.2, 0.25) is 0 Å². The highest BCUT2D eigenvalue weighted by molar-refractivity contribution is 6.13. The minimum absolute atomic E-state index is 0.282. The summed E-state index contributed by atoms with van der Waals surface area (Å²) in [5.41, 5.74) is 6.82. The van der Waals surface area contributed by atoms with E-state index in [1.165, 1.54) is 12.1 Å². The van der Waals surface area contributed by atoms with Crippen molar-refractivity contribution in [2.75, 3.05) is 26.0 Å². The van der Waals surface area contributed by atoms with Crippen LogP contribution in [0.1, 0.15) is 10.4 Å². The third-order valence-electron chi connectivity index (χ3n) is 6.55. The molecule has 0 spiro atoms. The first-order valence-electron chi connectivity index (χ1n) is 12.1. The first-order chi connectivity index (χ1) is 18.4. The topological polar surface area (TPSA) is 87.1 Å². The maximum Gasteiger partial charge on any atom is 0.255 e. The first kappa shape index (κ1) is 23.4. The summed E-state index contributed by atoms with van der Waals surface area (Å²) in [7, 11) is 5.50. The molecule has 6 aromatic rings. The largest absolute Gasteiger partial charge is 0.455 e. The zero-order chi connectivity index (χ0) is 26.4. The van der Waals surface area contributed by atoms with Crippen LogP contribution in [0.15, 0.2) is 83.4 Å². The Balaban J connectivity index is 1.56. The summed E-state index contributed by atoms with van der Waals surface area (Å²) in [5.74, 6) is 0.476. The van der Waals surface area contributed by atoms with Crippen molar-refractivity contribution in [1.29, 1.82) is 0 Å². The van der Waals surface area contributed by atoms with Gasteiger partial charge >= 0.3 is 0 Å². The number of halogens is 1. The molecule has 3 aromatic carbocycles. The quantitative estimate of drug-likeness (QED) is 0.288. The molecule has 6 rings (SSSR count). The van der Waals surface area contributed by atoms with Crippen LogP contribution in [-0.2, 0) is 0 Å². The van der Waals surface area contributed by atoms with Gasteiger partial charge in [-0.1, -0.05) is 18.2 Å². The molecular formula is C30H24FN5O2. The van der Waals surface area contributed by atoms with Crippen molar-refractivity contribution in [1.82, 2.24) is 20.3 Å². The number of amides is 1. The second-order valence-corrected chi connectivity index (χ2v) is 9.19. The van der Waals surface area contributed by atoms with Crippen LogP contribution in [-0.4, -0.2) is 42.0 Å². The van der Waals surface area contributed by atoms with Gasteiger partial charge in [0, 0.05) is 61.2 Å². The van der Waals surface area contributed by atoms with Gasteiger partial charge in [-0.15, -0.1) is 0 Å². The fourth-order valence-electron chi connectivity index (χ4n) is 4.70. The number of aromatic amines is 1. The van der Waals surface area contributed by atoms with Crippen LogP contribution in [0.25, 0.3) is 56.0 Å². The molecule has 1 amide bonds. The van der Waals surface area contributed by atoms with E-state index in [9.17, 15) is 9.18 Å². The lowest BCUT2D eigenvalue weighted by Gasteiger charge is -2.18. The number of hydrogen-bond donors (Lipinski definition) is 2. The Morgan fingerprint density at radius 1 is 0.974 bits per heavy atom. The molecule has 3 heterocycles. The summed E-state index contributed by atoms with van der Waals surface area (Å²) >= 11 is 0. The van der Waals surface area contributed by atoms with E-state index in [0.717, 1.165) is 33.7 Å². The molecule has 0 radical (unpaired) electrons. The van der Waals surface area contributed by atoms with Crippen molar-refractivity contribution in [3.8, 4) is 33.8 Å². The molecule has 0 unspecified atom stereocenters. The number of nitrogens with zero attached hydrogens (tertiary/aromatic N) is 3. The van der Waals surface area contributed by atoms with E-state index in [4.69, 9.17) is 4.42 Å². The second-order valence-electron chi connectivity index (χ2n) is 9.19. The minimum Gasteiger partial charge on any atom is -0.455 e. The second kappa shape index (κ2) is 9.15. The van der Waals surface area contributed by atoms with E-state index in [1.54, 1.807) is 25.4 Å². The van der Waals surface area contributed by atoms with Gasteiger partial charge in [-0.3, -0.25) is 4.79 Å². The molecule has 188 valence electrons. The van der Waals surface area contributed by atoms with Crippen molar-refractivity contribution < 1.29 is 13.6 Å². The molecule has 3 aromatic heterocycles. The number of rotatable bonds is 5. The van der Waals surface area contributed by atoms with Gasteiger partial charge in [-0.25, -0.2) is 14.4 Å². The molecule has 8 heteroatoms. The fourth-order valence-corrected chi connectivity index (χ4v) is 4.70. The van der Waals surface area contributed by atoms with Gasteiger partial charge in [-0.2, -0.15) is 0 Å². The van der Waals surface area contributed by atoms with Gasteiger partial charge in [0.05, 0.1) is 11.1 Å². The number of fused-ring (bicyclic) bond motifs is 2. The van der Waals surface area contributed by atoms with Gasteiger partial charge in [-0.05, 0) is 54.1 Å².